The summed E-state index contributed by atoms with van der Waals surface area (Å²) >= 11 is 0. The third-order valence-electron chi connectivity index (χ3n) is 2.35. The maximum atomic E-state index is 10.4. The van der Waals surface area contributed by atoms with E-state index >= 15 is 0 Å². The molecule has 0 saturated heterocycles. The van der Waals surface area contributed by atoms with Crippen LogP contribution in [0.3, 0.4) is 0 Å². The highest BCUT2D eigenvalue weighted by molar-refractivity contribution is 5.76. The predicted octanol–water partition coefficient (Wildman–Crippen LogP) is 1.69. The van der Waals surface area contributed by atoms with Crippen LogP contribution in [-0.2, 0) is 12.8 Å². The van der Waals surface area contributed by atoms with Gasteiger partial charge in [0.2, 0.25) is 0 Å². The lowest BCUT2D eigenvalue weighted by Crippen LogP contribution is -1.87. The molecular formula is C10H10O2. The highest BCUT2D eigenvalue weighted by atomic mass is 16.3. The fourth-order valence-corrected chi connectivity index (χ4v) is 1.77. The summed E-state index contributed by atoms with van der Waals surface area (Å²) in [7, 11) is 0. The molecule has 62 valence electrons. The second-order valence-electron chi connectivity index (χ2n) is 3.15. The molecule has 1 aliphatic carbocycles. The average molecular weight is 162 g/mol. The van der Waals surface area contributed by atoms with Gasteiger partial charge in [0.1, 0.15) is 12.0 Å². The van der Waals surface area contributed by atoms with E-state index in [9.17, 15) is 9.90 Å². The maximum absolute atomic E-state index is 10.4. The van der Waals surface area contributed by atoms with Gasteiger partial charge in [0.05, 0.1) is 0 Å². The van der Waals surface area contributed by atoms with Crippen molar-refractivity contribution in [2.24, 2.45) is 0 Å². The number of carbonyl (C=O) groups is 1. The molecule has 1 aromatic rings. The van der Waals surface area contributed by atoms with Crippen molar-refractivity contribution in [2.45, 2.75) is 19.3 Å². The standard InChI is InChI=1S/C10H10O2/c11-6-7-4-8-2-1-3-9(8)10(12)5-7/h4-6,12H,1-3H2. The fraction of sp³-hybridized carbons (Fsp3) is 0.300. The van der Waals surface area contributed by atoms with Gasteiger partial charge in [0, 0.05) is 5.56 Å². The maximum Gasteiger partial charge on any atom is 0.150 e. The first kappa shape index (κ1) is 7.35. The molecule has 0 bridgehead atoms. The van der Waals surface area contributed by atoms with Crippen LogP contribution in [0.15, 0.2) is 12.1 Å². The number of aromatic hydroxyl groups is 1. The Labute approximate surface area is 70.8 Å². The fourth-order valence-electron chi connectivity index (χ4n) is 1.77. The van der Waals surface area contributed by atoms with Crippen LogP contribution >= 0.6 is 0 Å². The number of rotatable bonds is 1. The molecule has 2 heteroatoms. The summed E-state index contributed by atoms with van der Waals surface area (Å²) in [5.74, 6) is 0.284. The molecule has 2 rings (SSSR count). The summed E-state index contributed by atoms with van der Waals surface area (Å²) in [6.45, 7) is 0. The molecule has 1 aliphatic rings. The van der Waals surface area contributed by atoms with Crippen molar-refractivity contribution in [3.63, 3.8) is 0 Å². The second-order valence-corrected chi connectivity index (χ2v) is 3.15. The Bertz CT molecular complexity index is 329. The molecule has 1 N–H and O–H groups in total. The zero-order valence-corrected chi connectivity index (χ0v) is 6.71. The number of benzene rings is 1. The third-order valence-corrected chi connectivity index (χ3v) is 2.35. The highest BCUT2D eigenvalue weighted by Gasteiger charge is 2.15. The molecule has 0 fully saturated rings. The number of hydrogen-bond donors (Lipinski definition) is 1. The Morgan fingerprint density at radius 1 is 1.33 bits per heavy atom. The number of phenols is 1. The minimum Gasteiger partial charge on any atom is -0.508 e. The molecule has 2 nitrogen and oxygen atoms in total. The Balaban J connectivity index is 2.58. The molecule has 0 spiro atoms. The number of fused-ring (bicyclic) bond motifs is 1. The molecule has 0 amide bonds. The van der Waals surface area contributed by atoms with Crippen molar-refractivity contribution in [2.75, 3.05) is 0 Å². The van der Waals surface area contributed by atoms with E-state index in [1.165, 1.54) is 6.07 Å². The largest absolute Gasteiger partial charge is 0.508 e. The first-order chi connectivity index (χ1) is 5.81. The van der Waals surface area contributed by atoms with Crippen LogP contribution in [0.1, 0.15) is 27.9 Å². The van der Waals surface area contributed by atoms with E-state index in [1.54, 1.807) is 0 Å². The molecule has 0 unspecified atom stereocenters. The van der Waals surface area contributed by atoms with E-state index in [1.807, 2.05) is 6.07 Å². The minimum atomic E-state index is 0.284. The summed E-state index contributed by atoms with van der Waals surface area (Å²) in [4.78, 5) is 10.4. The van der Waals surface area contributed by atoms with Crippen LogP contribution in [0.25, 0.3) is 0 Å². The smallest absolute Gasteiger partial charge is 0.150 e. The molecular weight excluding hydrogens is 152 g/mol. The van der Waals surface area contributed by atoms with E-state index in [2.05, 4.69) is 0 Å². The number of aldehydes is 1. The topological polar surface area (TPSA) is 37.3 Å². The van der Waals surface area contributed by atoms with Crippen molar-refractivity contribution in [1.29, 1.82) is 0 Å². The number of hydrogen-bond acceptors (Lipinski definition) is 2. The van der Waals surface area contributed by atoms with Crippen molar-refractivity contribution >= 4 is 6.29 Å². The summed E-state index contributed by atoms with van der Waals surface area (Å²) in [5.41, 5.74) is 2.74. The second kappa shape index (κ2) is 2.63. The van der Waals surface area contributed by atoms with Gasteiger partial charge in [0.25, 0.3) is 0 Å². The van der Waals surface area contributed by atoms with Gasteiger partial charge in [-0.2, -0.15) is 0 Å². The van der Waals surface area contributed by atoms with Crippen LogP contribution in [0.4, 0.5) is 0 Å². The minimum absolute atomic E-state index is 0.284. The van der Waals surface area contributed by atoms with Gasteiger partial charge in [-0.05, 0) is 42.5 Å². The van der Waals surface area contributed by atoms with E-state index in [-0.39, 0.29) is 5.75 Å². The number of carbonyl (C=O) groups excluding carboxylic acids is 1. The molecule has 12 heavy (non-hydrogen) atoms. The first-order valence-corrected chi connectivity index (χ1v) is 4.11. The van der Waals surface area contributed by atoms with Crippen molar-refractivity contribution < 1.29 is 9.90 Å². The zero-order chi connectivity index (χ0) is 8.55. The van der Waals surface area contributed by atoms with Gasteiger partial charge in [-0.3, -0.25) is 4.79 Å². The molecule has 0 radical (unpaired) electrons. The van der Waals surface area contributed by atoms with Crippen molar-refractivity contribution in [3.05, 3.63) is 28.8 Å². The monoisotopic (exact) mass is 162 g/mol. The van der Waals surface area contributed by atoms with Gasteiger partial charge in [-0.1, -0.05) is 0 Å². The van der Waals surface area contributed by atoms with Gasteiger partial charge in [-0.15, -0.1) is 0 Å². The van der Waals surface area contributed by atoms with Gasteiger partial charge < -0.3 is 5.11 Å². The summed E-state index contributed by atoms with van der Waals surface area (Å²) in [5, 5.41) is 9.48. The Morgan fingerprint density at radius 2 is 2.17 bits per heavy atom. The Kier molecular flexibility index (Phi) is 1.61. The summed E-state index contributed by atoms with van der Waals surface area (Å²) in [6, 6.07) is 3.41. The summed E-state index contributed by atoms with van der Waals surface area (Å²) in [6.07, 6.45) is 3.80. The lowest BCUT2D eigenvalue weighted by molar-refractivity contribution is 0.112. The quantitative estimate of drug-likeness (QED) is 0.638. The van der Waals surface area contributed by atoms with Gasteiger partial charge in [-0.25, -0.2) is 0 Å². The third kappa shape index (κ3) is 0.998. The van der Waals surface area contributed by atoms with Crippen molar-refractivity contribution in [1.82, 2.24) is 0 Å². The van der Waals surface area contributed by atoms with Gasteiger partial charge in [0.15, 0.2) is 0 Å². The predicted molar refractivity (Wildman–Crippen MR) is 45.5 cm³/mol. The summed E-state index contributed by atoms with van der Waals surface area (Å²) < 4.78 is 0. The van der Waals surface area contributed by atoms with Crippen LogP contribution in [0.5, 0.6) is 5.75 Å². The zero-order valence-electron chi connectivity index (χ0n) is 6.71. The molecule has 0 aromatic heterocycles. The van der Waals surface area contributed by atoms with E-state index in [0.29, 0.717) is 5.56 Å². The Hall–Kier alpha value is -1.31. The van der Waals surface area contributed by atoms with E-state index in [4.69, 9.17) is 0 Å². The lowest BCUT2D eigenvalue weighted by atomic mass is 10.1. The molecule has 0 saturated carbocycles. The average Bonchev–Trinajstić information content (AvgIpc) is 2.52. The van der Waals surface area contributed by atoms with Crippen LogP contribution in [0, 0.1) is 0 Å². The molecule has 0 atom stereocenters. The van der Waals surface area contributed by atoms with E-state index < -0.39 is 0 Å². The number of aryl methyl sites for hydroxylation is 1. The Morgan fingerprint density at radius 3 is 2.92 bits per heavy atom. The lowest BCUT2D eigenvalue weighted by Gasteiger charge is -2.02. The van der Waals surface area contributed by atoms with Gasteiger partial charge >= 0.3 is 0 Å². The van der Waals surface area contributed by atoms with Crippen LogP contribution in [-0.4, -0.2) is 11.4 Å². The molecule has 0 aliphatic heterocycles. The SMILES string of the molecule is O=Cc1cc(O)c2c(c1)CCC2. The highest BCUT2D eigenvalue weighted by Crippen LogP contribution is 2.30. The van der Waals surface area contributed by atoms with Crippen LogP contribution in [0.2, 0.25) is 0 Å². The van der Waals surface area contributed by atoms with Crippen LogP contribution < -0.4 is 0 Å². The van der Waals surface area contributed by atoms with E-state index in [0.717, 1.165) is 36.7 Å². The molecule has 0 heterocycles. The number of phenolic OH excluding ortho intramolecular Hbond substituents is 1. The first-order valence-electron chi connectivity index (χ1n) is 4.11. The molecule has 1 aromatic carbocycles. The normalized spacial score (nSPS) is 14.3. The van der Waals surface area contributed by atoms with Crippen molar-refractivity contribution in [3.8, 4) is 5.75 Å².